The fraction of sp³-hybridized carbons (Fsp3) is 0.375. The van der Waals surface area contributed by atoms with E-state index >= 15 is 0 Å². The van der Waals surface area contributed by atoms with Crippen molar-refractivity contribution in [3.63, 3.8) is 0 Å². The first-order chi connectivity index (χ1) is 10.6. The SMILES string of the molecule is CCOC(=O)C(=CNc1ccc(OCC)cc1)C(=O)OCC. The van der Waals surface area contributed by atoms with Gasteiger partial charge in [-0.2, -0.15) is 0 Å². The Bertz CT molecular complexity index is 502. The number of carbonyl (C=O) groups is 2. The maximum atomic E-state index is 11.8. The van der Waals surface area contributed by atoms with Crippen LogP contribution in [0.3, 0.4) is 0 Å². The van der Waals surface area contributed by atoms with Crippen molar-refractivity contribution in [2.24, 2.45) is 0 Å². The van der Waals surface area contributed by atoms with Gasteiger partial charge in [-0.05, 0) is 45.0 Å². The summed E-state index contributed by atoms with van der Waals surface area (Å²) in [5, 5.41) is 2.87. The highest BCUT2D eigenvalue weighted by atomic mass is 16.6. The van der Waals surface area contributed by atoms with Crippen molar-refractivity contribution in [1.29, 1.82) is 0 Å². The van der Waals surface area contributed by atoms with Crippen molar-refractivity contribution in [2.45, 2.75) is 20.8 Å². The van der Waals surface area contributed by atoms with Crippen LogP contribution < -0.4 is 10.1 Å². The molecule has 0 unspecified atom stereocenters. The lowest BCUT2D eigenvalue weighted by Gasteiger charge is -2.08. The monoisotopic (exact) mass is 307 g/mol. The Balaban J connectivity index is 2.82. The van der Waals surface area contributed by atoms with Crippen molar-refractivity contribution in [3.8, 4) is 5.75 Å². The molecule has 0 aliphatic heterocycles. The van der Waals surface area contributed by atoms with E-state index in [9.17, 15) is 9.59 Å². The van der Waals surface area contributed by atoms with Crippen LogP contribution in [0.2, 0.25) is 0 Å². The summed E-state index contributed by atoms with van der Waals surface area (Å²) in [5.74, 6) is -0.702. The fourth-order valence-corrected chi connectivity index (χ4v) is 1.59. The quantitative estimate of drug-likeness (QED) is 0.344. The van der Waals surface area contributed by atoms with Crippen LogP contribution in [0.15, 0.2) is 36.0 Å². The van der Waals surface area contributed by atoms with Gasteiger partial charge in [0.05, 0.1) is 19.8 Å². The molecule has 1 N–H and O–H groups in total. The first-order valence-electron chi connectivity index (χ1n) is 7.16. The average Bonchev–Trinajstić information content (AvgIpc) is 2.50. The van der Waals surface area contributed by atoms with E-state index in [0.29, 0.717) is 12.3 Å². The van der Waals surface area contributed by atoms with E-state index in [1.165, 1.54) is 6.20 Å². The number of hydrogen-bond donors (Lipinski definition) is 1. The summed E-state index contributed by atoms with van der Waals surface area (Å²) in [6.07, 6.45) is 1.28. The minimum atomic E-state index is -0.723. The molecular weight excluding hydrogens is 286 g/mol. The van der Waals surface area contributed by atoms with Gasteiger partial charge in [0, 0.05) is 11.9 Å². The standard InChI is InChI=1S/C16H21NO5/c1-4-20-13-9-7-12(8-10-13)17-11-14(15(18)21-5-2)16(19)22-6-3/h7-11,17H,4-6H2,1-3H3. The molecule has 1 rings (SSSR count). The smallest absolute Gasteiger partial charge is 0.347 e. The van der Waals surface area contributed by atoms with Gasteiger partial charge in [0.2, 0.25) is 0 Å². The van der Waals surface area contributed by atoms with Crippen LogP contribution in [0.4, 0.5) is 5.69 Å². The number of carbonyl (C=O) groups excluding carboxylic acids is 2. The lowest BCUT2D eigenvalue weighted by molar-refractivity contribution is -0.146. The van der Waals surface area contributed by atoms with E-state index in [2.05, 4.69) is 5.32 Å². The highest BCUT2D eigenvalue weighted by Crippen LogP contribution is 2.16. The molecule has 0 radical (unpaired) electrons. The van der Waals surface area contributed by atoms with Gasteiger partial charge < -0.3 is 19.5 Å². The van der Waals surface area contributed by atoms with Gasteiger partial charge in [-0.1, -0.05) is 0 Å². The minimum Gasteiger partial charge on any atom is -0.494 e. The highest BCUT2D eigenvalue weighted by Gasteiger charge is 2.20. The van der Waals surface area contributed by atoms with E-state index in [4.69, 9.17) is 14.2 Å². The van der Waals surface area contributed by atoms with Crippen LogP contribution in [0.25, 0.3) is 0 Å². The zero-order valence-electron chi connectivity index (χ0n) is 13.0. The Morgan fingerprint density at radius 1 is 0.955 bits per heavy atom. The predicted octanol–water partition coefficient (Wildman–Crippen LogP) is 2.51. The van der Waals surface area contributed by atoms with Gasteiger partial charge in [0.15, 0.2) is 5.57 Å². The molecule has 1 aromatic rings. The molecule has 120 valence electrons. The summed E-state index contributed by atoms with van der Waals surface area (Å²) in [7, 11) is 0. The van der Waals surface area contributed by atoms with Gasteiger partial charge >= 0.3 is 11.9 Å². The van der Waals surface area contributed by atoms with Crippen molar-refractivity contribution >= 4 is 17.6 Å². The zero-order chi connectivity index (χ0) is 16.4. The summed E-state index contributed by atoms with van der Waals surface area (Å²) in [4.78, 5) is 23.5. The summed E-state index contributed by atoms with van der Waals surface area (Å²) in [6, 6.07) is 7.12. The first kappa shape index (κ1) is 17.6. The van der Waals surface area contributed by atoms with Gasteiger partial charge in [0.25, 0.3) is 0 Å². The second-order valence-electron chi connectivity index (χ2n) is 4.10. The maximum Gasteiger partial charge on any atom is 0.347 e. The van der Waals surface area contributed by atoms with Crippen LogP contribution in [-0.4, -0.2) is 31.8 Å². The second-order valence-corrected chi connectivity index (χ2v) is 4.10. The Kier molecular flexibility index (Phi) is 7.53. The van der Waals surface area contributed by atoms with Crippen molar-refractivity contribution in [2.75, 3.05) is 25.1 Å². The summed E-state index contributed by atoms with van der Waals surface area (Å²) >= 11 is 0. The van der Waals surface area contributed by atoms with Crippen molar-refractivity contribution in [3.05, 3.63) is 36.0 Å². The molecule has 0 fully saturated rings. The van der Waals surface area contributed by atoms with E-state index < -0.39 is 11.9 Å². The number of anilines is 1. The molecule has 6 nitrogen and oxygen atoms in total. The fourth-order valence-electron chi connectivity index (χ4n) is 1.59. The van der Waals surface area contributed by atoms with Gasteiger partial charge in [-0.15, -0.1) is 0 Å². The lowest BCUT2D eigenvalue weighted by atomic mass is 10.2. The molecule has 0 saturated heterocycles. The number of nitrogens with one attached hydrogen (secondary N) is 1. The molecule has 1 aromatic carbocycles. The van der Waals surface area contributed by atoms with Crippen LogP contribution in [0, 0.1) is 0 Å². The van der Waals surface area contributed by atoms with Crippen LogP contribution in [-0.2, 0) is 19.1 Å². The van der Waals surface area contributed by atoms with E-state index in [1.54, 1.807) is 38.1 Å². The topological polar surface area (TPSA) is 73.9 Å². The minimum absolute atomic E-state index is 0.179. The van der Waals surface area contributed by atoms with E-state index in [0.717, 1.165) is 5.75 Å². The normalized spacial score (nSPS) is 9.59. The highest BCUT2D eigenvalue weighted by molar-refractivity contribution is 6.14. The number of rotatable bonds is 8. The molecule has 0 bridgehead atoms. The molecule has 0 aromatic heterocycles. The Labute approximate surface area is 130 Å². The Hall–Kier alpha value is -2.50. The third-order valence-electron chi connectivity index (χ3n) is 2.54. The molecule has 0 amide bonds. The summed E-state index contributed by atoms with van der Waals surface area (Å²) < 4.78 is 15.0. The molecule has 0 spiro atoms. The number of esters is 2. The Morgan fingerprint density at radius 3 is 1.95 bits per heavy atom. The average molecular weight is 307 g/mol. The van der Waals surface area contributed by atoms with E-state index in [1.807, 2.05) is 6.92 Å². The Morgan fingerprint density at radius 2 is 1.50 bits per heavy atom. The van der Waals surface area contributed by atoms with Gasteiger partial charge in [-0.25, -0.2) is 9.59 Å². The molecule has 0 aliphatic rings. The van der Waals surface area contributed by atoms with Crippen molar-refractivity contribution in [1.82, 2.24) is 0 Å². The molecule has 22 heavy (non-hydrogen) atoms. The second kappa shape index (κ2) is 9.44. The first-order valence-corrected chi connectivity index (χ1v) is 7.16. The van der Waals surface area contributed by atoms with Crippen molar-refractivity contribution < 1.29 is 23.8 Å². The third-order valence-corrected chi connectivity index (χ3v) is 2.54. The molecular formula is C16H21NO5. The molecule has 0 heterocycles. The van der Waals surface area contributed by atoms with Crippen LogP contribution in [0.1, 0.15) is 20.8 Å². The maximum absolute atomic E-state index is 11.8. The van der Waals surface area contributed by atoms with Crippen LogP contribution in [0.5, 0.6) is 5.75 Å². The molecule has 0 saturated carbocycles. The summed E-state index contributed by atoms with van der Waals surface area (Å²) in [5.41, 5.74) is 0.520. The number of benzene rings is 1. The molecule has 0 aliphatic carbocycles. The predicted molar refractivity (Wildman–Crippen MR) is 82.6 cm³/mol. The molecule has 0 atom stereocenters. The number of ether oxygens (including phenoxy) is 3. The van der Waals surface area contributed by atoms with Crippen LogP contribution >= 0.6 is 0 Å². The molecule has 6 heteroatoms. The summed E-state index contributed by atoms with van der Waals surface area (Å²) in [6.45, 7) is 6.18. The zero-order valence-corrected chi connectivity index (χ0v) is 13.0. The lowest BCUT2D eigenvalue weighted by Crippen LogP contribution is -2.19. The third kappa shape index (κ3) is 5.47. The van der Waals surface area contributed by atoms with E-state index in [-0.39, 0.29) is 18.8 Å². The van der Waals surface area contributed by atoms with Gasteiger partial charge in [0.1, 0.15) is 5.75 Å². The largest absolute Gasteiger partial charge is 0.494 e. The number of hydrogen-bond acceptors (Lipinski definition) is 6. The van der Waals surface area contributed by atoms with Gasteiger partial charge in [-0.3, -0.25) is 0 Å².